The van der Waals surface area contributed by atoms with E-state index in [0.29, 0.717) is 34.4 Å². The number of methoxy groups -OCH3 is 1. The Morgan fingerprint density at radius 2 is 1.85 bits per heavy atom. The van der Waals surface area contributed by atoms with Gasteiger partial charge in [-0.25, -0.2) is 4.98 Å². The van der Waals surface area contributed by atoms with Crippen molar-refractivity contribution < 1.29 is 24.2 Å². The molecule has 2 aromatic carbocycles. The van der Waals surface area contributed by atoms with E-state index in [1.54, 1.807) is 55.6 Å². The van der Waals surface area contributed by atoms with E-state index in [1.165, 1.54) is 16.2 Å². The number of aliphatic hydroxyl groups is 1. The molecule has 1 amide bonds. The number of nitrogens with zero attached hydrogens (tertiary/aromatic N) is 2. The number of amides is 1. The topological polar surface area (TPSA) is 89.0 Å². The van der Waals surface area contributed by atoms with E-state index < -0.39 is 17.7 Å². The van der Waals surface area contributed by atoms with E-state index in [0.717, 1.165) is 10.6 Å². The number of hydrogen-bond donors (Lipinski definition) is 1. The fourth-order valence-corrected chi connectivity index (χ4v) is 4.68. The van der Waals surface area contributed by atoms with Crippen LogP contribution in [0.3, 0.4) is 0 Å². The molecule has 33 heavy (non-hydrogen) atoms. The summed E-state index contributed by atoms with van der Waals surface area (Å²) in [6.45, 7) is 6.16. The lowest BCUT2D eigenvalue weighted by molar-refractivity contribution is -0.132. The summed E-state index contributed by atoms with van der Waals surface area (Å²) in [5.74, 6) is -0.529. The Bertz CT molecular complexity index is 1230. The van der Waals surface area contributed by atoms with Gasteiger partial charge in [-0.1, -0.05) is 12.1 Å². The molecule has 0 radical (unpaired) electrons. The van der Waals surface area contributed by atoms with Crippen molar-refractivity contribution in [3.63, 3.8) is 0 Å². The van der Waals surface area contributed by atoms with Crippen LogP contribution >= 0.6 is 11.3 Å². The zero-order chi connectivity index (χ0) is 23.7. The second-order valence-corrected chi connectivity index (χ2v) is 8.72. The number of benzene rings is 2. The number of aryl methyl sites for hydroxylation is 2. The number of aliphatic hydroxyl groups excluding tert-OH is 1. The van der Waals surface area contributed by atoms with E-state index in [4.69, 9.17) is 9.47 Å². The van der Waals surface area contributed by atoms with Crippen molar-refractivity contribution >= 4 is 33.9 Å². The van der Waals surface area contributed by atoms with Crippen molar-refractivity contribution in [2.45, 2.75) is 26.8 Å². The van der Waals surface area contributed by atoms with Crippen LogP contribution in [0.15, 0.2) is 54.1 Å². The number of ether oxygens (including phenoxy) is 2. The predicted molar refractivity (Wildman–Crippen MR) is 127 cm³/mol. The summed E-state index contributed by atoms with van der Waals surface area (Å²) in [5, 5.41) is 11.6. The van der Waals surface area contributed by atoms with Gasteiger partial charge >= 0.3 is 5.91 Å². The number of thiazole rings is 1. The summed E-state index contributed by atoms with van der Waals surface area (Å²) < 4.78 is 10.8. The number of aromatic nitrogens is 1. The molecule has 0 unspecified atom stereocenters. The Hall–Kier alpha value is -3.65. The highest BCUT2D eigenvalue weighted by Gasteiger charge is 2.48. The highest BCUT2D eigenvalue weighted by atomic mass is 32.1. The average Bonchev–Trinajstić information content (AvgIpc) is 3.29. The number of carbonyl (C=O) groups is 2. The van der Waals surface area contributed by atoms with Crippen LogP contribution in [-0.4, -0.2) is 35.5 Å². The smallest absolute Gasteiger partial charge is 0.301 e. The molecule has 4 rings (SSSR count). The van der Waals surface area contributed by atoms with Gasteiger partial charge in [-0.15, -0.1) is 11.3 Å². The first-order valence-corrected chi connectivity index (χ1v) is 11.3. The minimum absolute atomic E-state index is 0.00270. The largest absolute Gasteiger partial charge is 0.507 e. The Kier molecular flexibility index (Phi) is 6.20. The zero-order valence-corrected chi connectivity index (χ0v) is 19.6. The zero-order valence-electron chi connectivity index (χ0n) is 18.8. The van der Waals surface area contributed by atoms with Crippen molar-refractivity contribution in [2.75, 3.05) is 18.6 Å². The SMILES string of the molecule is CCOc1ccc(C(O)=C2C(=O)C(=O)N(c3nc(C)c(C)s3)[C@@H]2c2cccc(OC)c2)cc1. The average molecular weight is 465 g/mol. The Labute approximate surface area is 195 Å². The standard InChI is InChI=1S/C25H24N2O5S/c1-5-32-18-11-9-16(10-12-18)22(28)20-21(17-7-6-8-19(13-17)31-4)27(24(30)23(20)29)25-26-14(2)15(3)33-25/h6-13,21,28H,5H2,1-4H3/t21-/m1/s1. The molecule has 0 saturated carbocycles. The van der Waals surface area contributed by atoms with Gasteiger partial charge in [0.05, 0.1) is 31.0 Å². The molecule has 7 nitrogen and oxygen atoms in total. The number of carbonyl (C=O) groups excluding carboxylic acids is 2. The Balaban J connectivity index is 1.90. The summed E-state index contributed by atoms with van der Waals surface area (Å²) in [6.07, 6.45) is 0. The van der Waals surface area contributed by atoms with E-state index in [1.807, 2.05) is 20.8 Å². The highest BCUT2D eigenvalue weighted by Crippen LogP contribution is 2.44. The summed E-state index contributed by atoms with van der Waals surface area (Å²) in [7, 11) is 1.55. The molecule has 0 aliphatic carbocycles. The third kappa shape index (κ3) is 4.09. The molecule has 0 bridgehead atoms. The summed E-state index contributed by atoms with van der Waals surface area (Å²) >= 11 is 1.33. The minimum Gasteiger partial charge on any atom is -0.507 e. The molecule has 3 aromatic rings. The van der Waals surface area contributed by atoms with Crippen LogP contribution in [0.1, 0.15) is 34.7 Å². The lowest BCUT2D eigenvalue weighted by atomic mass is 9.95. The van der Waals surface area contributed by atoms with Gasteiger partial charge in [0.15, 0.2) is 5.13 Å². The Morgan fingerprint density at radius 3 is 2.45 bits per heavy atom. The van der Waals surface area contributed by atoms with Crippen LogP contribution in [0, 0.1) is 13.8 Å². The fraction of sp³-hybridized carbons (Fsp3) is 0.240. The predicted octanol–water partition coefficient (Wildman–Crippen LogP) is 4.79. The van der Waals surface area contributed by atoms with Crippen molar-refractivity contribution in [1.82, 2.24) is 4.98 Å². The number of ketones is 1. The number of Topliss-reactive ketones (excluding diaryl/α,β-unsaturated/α-hetero) is 1. The molecule has 1 fully saturated rings. The van der Waals surface area contributed by atoms with Gasteiger partial charge < -0.3 is 14.6 Å². The first kappa shape index (κ1) is 22.5. The number of hydrogen-bond acceptors (Lipinski definition) is 7. The third-order valence-corrected chi connectivity index (χ3v) is 6.59. The Morgan fingerprint density at radius 1 is 1.12 bits per heavy atom. The van der Waals surface area contributed by atoms with Crippen LogP contribution in [0.2, 0.25) is 0 Å². The second-order valence-electron chi connectivity index (χ2n) is 7.54. The van der Waals surface area contributed by atoms with Crippen LogP contribution in [0.5, 0.6) is 11.5 Å². The molecule has 1 aliphatic rings. The van der Waals surface area contributed by atoms with Gasteiger partial charge in [-0.2, -0.15) is 0 Å². The second kappa shape index (κ2) is 9.07. The van der Waals surface area contributed by atoms with Crippen LogP contribution in [0.4, 0.5) is 5.13 Å². The monoisotopic (exact) mass is 464 g/mol. The molecule has 1 saturated heterocycles. The van der Waals surface area contributed by atoms with Crippen molar-refractivity contribution in [3.8, 4) is 11.5 Å². The maximum absolute atomic E-state index is 13.2. The lowest BCUT2D eigenvalue weighted by Crippen LogP contribution is -2.29. The van der Waals surface area contributed by atoms with Gasteiger partial charge in [0.1, 0.15) is 17.3 Å². The molecule has 1 aromatic heterocycles. The van der Waals surface area contributed by atoms with Gasteiger partial charge in [0, 0.05) is 10.4 Å². The molecule has 2 heterocycles. The first-order chi connectivity index (χ1) is 15.8. The van der Waals surface area contributed by atoms with E-state index >= 15 is 0 Å². The van der Waals surface area contributed by atoms with Crippen LogP contribution in [0.25, 0.3) is 5.76 Å². The van der Waals surface area contributed by atoms with Crippen LogP contribution in [-0.2, 0) is 9.59 Å². The lowest BCUT2D eigenvalue weighted by Gasteiger charge is -2.23. The molecule has 0 spiro atoms. The quantitative estimate of drug-likeness (QED) is 0.320. The van der Waals surface area contributed by atoms with Gasteiger partial charge in [0.2, 0.25) is 0 Å². The summed E-state index contributed by atoms with van der Waals surface area (Å²) in [4.78, 5) is 33.2. The van der Waals surface area contributed by atoms with E-state index in [-0.39, 0.29) is 11.3 Å². The normalized spacial score (nSPS) is 17.5. The third-order valence-electron chi connectivity index (χ3n) is 5.52. The molecular formula is C25H24N2O5S. The van der Waals surface area contributed by atoms with Crippen molar-refractivity contribution in [1.29, 1.82) is 0 Å². The van der Waals surface area contributed by atoms with Crippen LogP contribution < -0.4 is 14.4 Å². The minimum atomic E-state index is -0.850. The maximum atomic E-state index is 13.2. The highest BCUT2D eigenvalue weighted by molar-refractivity contribution is 7.16. The summed E-state index contributed by atoms with van der Waals surface area (Å²) in [5.41, 5.74) is 1.83. The van der Waals surface area contributed by atoms with Crippen molar-refractivity contribution in [2.24, 2.45) is 0 Å². The molecule has 8 heteroatoms. The van der Waals surface area contributed by atoms with Gasteiger partial charge in [-0.05, 0) is 62.7 Å². The maximum Gasteiger partial charge on any atom is 0.301 e. The fourth-order valence-electron chi connectivity index (χ4n) is 3.75. The molecule has 1 N–H and O–H groups in total. The van der Waals surface area contributed by atoms with Gasteiger partial charge in [0.25, 0.3) is 5.78 Å². The molecule has 170 valence electrons. The molecule has 1 atom stereocenters. The first-order valence-electron chi connectivity index (χ1n) is 10.5. The molecular weight excluding hydrogens is 440 g/mol. The van der Waals surface area contributed by atoms with E-state index in [2.05, 4.69) is 4.98 Å². The van der Waals surface area contributed by atoms with Crippen molar-refractivity contribution in [3.05, 3.63) is 75.8 Å². The summed E-state index contributed by atoms with van der Waals surface area (Å²) in [6, 6.07) is 13.0. The van der Waals surface area contributed by atoms with E-state index in [9.17, 15) is 14.7 Å². The van der Waals surface area contributed by atoms with Gasteiger partial charge in [-0.3, -0.25) is 14.5 Å². The number of anilines is 1. The number of rotatable bonds is 6. The molecule has 1 aliphatic heterocycles.